The molecule has 108 valence electrons. The Morgan fingerprint density at radius 1 is 1.09 bits per heavy atom. The number of benzene rings is 1. The zero-order valence-corrected chi connectivity index (χ0v) is 11.7. The van der Waals surface area contributed by atoms with Gasteiger partial charge < -0.3 is 4.42 Å². The van der Waals surface area contributed by atoms with E-state index in [1.54, 1.807) is 13.0 Å². The van der Waals surface area contributed by atoms with Gasteiger partial charge in [-0.3, -0.25) is 9.20 Å². The van der Waals surface area contributed by atoms with Crippen LogP contribution in [0.15, 0.2) is 57.9 Å². The van der Waals surface area contributed by atoms with Gasteiger partial charge in [0.25, 0.3) is 5.56 Å². The smallest absolute Gasteiger partial charge is 0.255 e. The molecule has 0 amide bonds. The maximum absolute atomic E-state index is 13.2. The number of aryl methyl sites for hydroxylation is 1. The van der Waals surface area contributed by atoms with Gasteiger partial charge in [0, 0.05) is 24.7 Å². The minimum Gasteiger partial charge on any atom is -0.441 e. The summed E-state index contributed by atoms with van der Waals surface area (Å²) in [5.74, 6) is 0.155. The number of hydrogen-bond donors (Lipinski definition) is 0. The molecule has 0 saturated carbocycles. The first kappa shape index (κ1) is 12.8. The average Bonchev–Trinajstić information content (AvgIpc) is 2.87. The lowest BCUT2D eigenvalue weighted by molar-refractivity contribution is 0.561. The molecule has 4 nitrogen and oxygen atoms in total. The lowest BCUT2D eigenvalue weighted by Crippen LogP contribution is -2.12. The molecule has 0 atom stereocenters. The summed E-state index contributed by atoms with van der Waals surface area (Å²) in [7, 11) is 0. The number of oxazole rings is 1. The number of hydrogen-bond acceptors (Lipinski definition) is 3. The fraction of sp³-hybridized carbons (Fsp3) is 0.0588. The summed E-state index contributed by atoms with van der Waals surface area (Å²) >= 11 is 0. The highest BCUT2D eigenvalue weighted by Crippen LogP contribution is 2.25. The Bertz CT molecular complexity index is 1080. The van der Waals surface area contributed by atoms with Crippen molar-refractivity contribution in [2.45, 2.75) is 6.92 Å². The second kappa shape index (κ2) is 4.53. The van der Waals surface area contributed by atoms with Crippen molar-refractivity contribution in [1.82, 2.24) is 9.38 Å². The lowest BCUT2D eigenvalue weighted by Gasteiger charge is -2.05. The van der Waals surface area contributed by atoms with Crippen molar-refractivity contribution in [1.29, 1.82) is 0 Å². The second-order valence-electron chi connectivity index (χ2n) is 5.14. The van der Waals surface area contributed by atoms with Crippen LogP contribution >= 0.6 is 0 Å². The fourth-order valence-electron chi connectivity index (χ4n) is 2.58. The van der Waals surface area contributed by atoms with E-state index in [0.717, 1.165) is 16.6 Å². The molecule has 5 heteroatoms. The largest absolute Gasteiger partial charge is 0.441 e. The van der Waals surface area contributed by atoms with Gasteiger partial charge in [0.1, 0.15) is 11.3 Å². The van der Waals surface area contributed by atoms with Crippen LogP contribution in [0.1, 0.15) is 5.89 Å². The number of pyridine rings is 2. The molecule has 0 radical (unpaired) electrons. The third-order valence-electron chi connectivity index (χ3n) is 3.59. The van der Waals surface area contributed by atoms with E-state index < -0.39 is 5.82 Å². The highest BCUT2D eigenvalue weighted by molar-refractivity contribution is 5.81. The summed E-state index contributed by atoms with van der Waals surface area (Å²) in [5, 5.41) is 0. The summed E-state index contributed by atoms with van der Waals surface area (Å²) in [6.45, 7) is 1.79. The SMILES string of the molecule is Cc1nc2ccc(-c3cc(=O)n4cc(F)ccc4c3)cc2o1. The molecule has 0 saturated heterocycles. The van der Waals surface area contributed by atoms with Crippen LogP contribution in [0.2, 0.25) is 0 Å². The standard InChI is InChI=1S/C17H11FN2O2/c1-10-19-15-5-2-11(7-16(15)22-10)12-6-14-4-3-13(18)9-20(14)17(21)8-12/h2-9H,1H3. The van der Waals surface area contributed by atoms with Gasteiger partial charge in [0.15, 0.2) is 11.5 Å². The van der Waals surface area contributed by atoms with E-state index >= 15 is 0 Å². The van der Waals surface area contributed by atoms with Crippen LogP contribution in [0.4, 0.5) is 4.39 Å². The summed E-state index contributed by atoms with van der Waals surface area (Å²) in [5.41, 5.74) is 3.42. The second-order valence-corrected chi connectivity index (χ2v) is 5.14. The van der Waals surface area contributed by atoms with Crippen LogP contribution < -0.4 is 5.56 Å². The quantitative estimate of drug-likeness (QED) is 0.539. The summed E-state index contributed by atoms with van der Waals surface area (Å²) < 4.78 is 20.0. The Morgan fingerprint density at radius 2 is 1.95 bits per heavy atom. The van der Waals surface area contributed by atoms with Gasteiger partial charge >= 0.3 is 0 Å². The number of rotatable bonds is 1. The van der Waals surface area contributed by atoms with Gasteiger partial charge in [0.05, 0.1) is 0 Å². The van der Waals surface area contributed by atoms with Crippen molar-refractivity contribution >= 4 is 16.6 Å². The van der Waals surface area contributed by atoms with Crippen LogP contribution in [-0.2, 0) is 0 Å². The van der Waals surface area contributed by atoms with Gasteiger partial charge in [0.2, 0.25) is 0 Å². The number of fused-ring (bicyclic) bond motifs is 2. The molecule has 0 N–H and O–H groups in total. The molecule has 0 spiro atoms. The Balaban J connectivity index is 1.95. The molecule has 0 fully saturated rings. The van der Waals surface area contributed by atoms with E-state index in [4.69, 9.17) is 4.42 Å². The first-order valence-electron chi connectivity index (χ1n) is 6.80. The highest BCUT2D eigenvalue weighted by Gasteiger charge is 2.07. The van der Waals surface area contributed by atoms with E-state index in [0.29, 0.717) is 17.0 Å². The Morgan fingerprint density at radius 3 is 2.82 bits per heavy atom. The minimum atomic E-state index is -0.444. The molecule has 0 aliphatic rings. The number of halogens is 1. The van der Waals surface area contributed by atoms with E-state index in [2.05, 4.69) is 4.98 Å². The van der Waals surface area contributed by atoms with Gasteiger partial charge in [-0.15, -0.1) is 0 Å². The van der Waals surface area contributed by atoms with E-state index in [9.17, 15) is 9.18 Å². The van der Waals surface area contributed by atoms with Gasteiger partial charge in [-0.2, -0.15) is 0 Å². The first-order valence-corrected chi connectivity index (χ1v) is 6.80. The third kappa shape index (κ3) is 1.98. The molecule has 22 heavy (non-hydrogen) atoms. The molecule has 0 unspecified atom stereocenters. The monoisotopic (exact) mass is 294 g/mol. The molecule has 4 aromatic rings. The van der Waals surface area contributed by atoms with Crippen molar-refractivity contribution in [3.8, 4) is 11.1 Å². The van der Waals surface area contributed by atoms with Gasteiger partial charge in [-0.25, -0.2) is 9.37 Å². The highest BCUT2D eigenvalue weighted by atomic mass is 19.1. The van der Waals surface area contributed by atoms with E-state index in [1.165, 1.54) is 22.7 Å². The van der Waals surface area contributed by atoms with Crippen molar-refractivity contribution < 1.29 is 8.81 Å². The van der Waals surface area contributed by atoms with Crippen LogP contribution in [0.3, 0.4) is 0 Å². The summed E-state index contributed by atoms with van der Waals surface area (Å²) in [6.07, 6.45) is 1.18. The predicted octanol–water partition coefficient (Wildman–Crippen LogP) is 3.56. The van der Waals surface area contributed by atoms with Crippen molar-refractivity contribution in [2.24, 2.45) is 0 Å². The van der Waals surface area contributed by atoms with E-state index in [-0.39, 0.29) is 5.56 Å². The third-order valence-corrected chi connectivity index (χ3v) is 3.59. The molecule has 0 bridgehead atoms. The van der Waals surface area contributed by atoms with Gasteiger partial charge in [-0.05, 0) is 41.5 Å². The maximum Gasteiger partial charge on any atom is 0.255 e. The minimum absolute atomic E-state index is 0.277. The molecule has 0 aliphatic heterocycles. The van der Waals surface area contributed by atoms with Crippen LogP contribution in [0, 0.1) is 12.7 Å². The molecular weight excluding hydrogens is 283 g/mol. The summed E-state index contributed by atoms with van der Waals surface area (Å²) in [6, 6.07) is 11.8. The first-order chi connectivity index (χ1) is 10.6. The van der Waals surface area contributed by atoms with Gasteiger partial charge in [-0.1, -0.05) is 6.07 Å². The van der Waals surface area contributed by atoms with E-state index in [1.807, 2.05) is 24.3 Å². The molecule has 1 aromatic carbocycles. The van der Waals surface area contributed by atoms with Crippen LogP contribution in [0.25, 0.3) is 27.7 Å². The van der Waals surface area contributed by atoms with Crippen molar-refractivity contribution in [2.75, 3.05) is 0 Å². The zero-order chi connectivity index (χ0) is 15.3. The number of nitrogens with zero attached hydrogens (tertiary/aromatic N) is 2. The van der Waals surface area contributed by atoms with Crippen molar-refractivity contribution in [3.63, 3.8) is 0 Å². The molecular formula is C17H11FN2O2. The average molecular weight is 294 g/mol. The topological polar surface area (TPSA) is 47.5 Å². The maximum atomic E-state index is 13.2. The van der Waals surface area contributed by atoms with Crippen LogP contribution in [-0.4, -0.2) is 9.38 Å². The molecule has 3 aromatic heterocycles. The Kier molecular flexibility index (Phi) is 2.63. The lowest BCUT2D eigenvalue weighted by atomic mass is 10.1. The molecule has 0 aliphatic carbocycles. The Hall–Kier alpha value is -2.95. The van der Waals surface area contributed by atoms with Crippen LogP contribution in [0.5, 0.6) is 0 Å². The van der Waals surface area contributed by atoms with Crippen molar-refractivity contribution in [3.05, 3.63) is 70.7 Å². The number of aromatic nitrogens is 2. The molecule has 3 heterocycles. The summed E-state index contributed by atoms with van der Waals surface area (Å²) in [4.78, 5) is 16.4. The molecule has 4 rings (SSSR count). The normalized spacial score (nSPS) is 11.4. The predicted molar refractivity (Wildman–Crippen MR) is 81.4 cm³/mol. The zero-order valence-electron chi connectivity index (χ0n) is 11.7. The fourth-order valence-corrected chi connectivity index (χ4v) is 2.58. The Labute approximate surface area is 124 Å².